The predicted molar refractivity (Wildman–Crippen MR) is 157 cm³/mol. The average Bonchev–Trinajstić information content (AvgIpc) is 2.97. The molecule has 1 saturated heterocycles. The summed E-state index contributed by atoms with van der Waals surface area (Å²) in [6.45, 7) is 4.18. The Hall–Kier alpha value is -4.47. The Morgan fingerprint density at radius 1 is 0.977 bits per heavy atom. The van der Waals surface area contributed by atoms with Crippen LogP contribution in [-0.4, -0.2) is 73.2 Å². The lowest BCUT2D eigenvalue weighted by atomic mass is 10.0. The molecule has 2 aromatic carbocycles. The van der Waals surface area contributed by atoms with Gasteiger partial charge in [-0.3, -0.25) is 15.0 Å². The zero-order valence-electron chi connectivity index (χ0n) is 23.8. The van der Waals surface area contributed by atoms with E-state index in [4.69, 9.17) is 0 Å². The quantitative estimate of drug-likeness (QED) is 0.267. The van der Waals surface area contributed by atoms with Crippen LogP contribution in [0.2, 0.25) is 0 Å². The molecule has 0 saturated carbocycles. The minimum atomic E-state index is -4.57. The number of benzene rings is 2. The number of amides is 3. The lowest BCUT2D eigenvalue weighted by Crippen LogP contribution is -2.44. The van der Waals surface area contributed by atoms with Crippen molar-refractivity contribution in [1.29, 1.82) is 0 Å². The Balaban J connectivity index is 1.45. The Morgan fingerprint density at radius 2 is 1.74 bits per heavy atom. The summed E-state index contributed by atoms with van der Waals surface area (Å²) in [5, 5.41) is 7.39. The van der Waals surface area contributed by atoms with Crippen LogP contribution in [0.3, 0.4) is 0 Å². The highest BCUT2D eigenvalue weighted by atomic mass is 19.4. The number of rotatable bonds is 7. The molecule has 0 bridgehead atoms. The van der Waals surface area contributed by atoms with Gasteiger partial charge in [0.2, 0.25) is 0 Å². The van der Waals surface area contributed by atoms with Gasteiger partial charge in [-0.15, -0.1) is 0 Å². The first-order valence-corrected chi connectivity index (χ1v) is 13.6. The fourth-order valence-corrected chi connectivity index (χ4v) is 4.41. The van der Waals surface area contributed by atoms with Crippen molar-refractivity contribution in [3.05, 3.63) is 88.1 Å². The maximum Gasteiger partial charge on any atom is 0.416 e. The molecule has 0 unspecified atom stereocenters. The molecule has 12 heteroatoms. The van der Waals surface area contributed by atoms with E-state index >= 15 is 0 Å². The Kier molecular flexibility index (Phi) is 10.3. The van der Waals surface area contributed by atoms with E-state index in [0.717, 1.165) is 24.7 Å². The largest absolute Gasteiger partial charge is 0.416 e. The number of hydrogen-bond donors (Lipinski definition) is 3. The van der Waals surface area contributed by atoms with Crippen LogP contribution in [0.1, 0.15) is 38.2 Å². The second-order valence-electron chi connectivity index (χ2n) is 10.2. The van der Waals surface area contributed by atoms with E-state index in [1.165, 1.54) is 18.3 Å². The Labute approximate surface area is 247 Å². The molecule has 3 N–H and O–H groups in total. The van der Waals surface area contributed by atoms with E-state index < -0.39 is 30.4 Å². The van der Waals surface area contributed by atoms with Gasteiger partial charge in [0, 0.05) is 67.8 Å². The van der Waals surface area contributed by atoms with Gasteiger partial charge in [0.25, 0.3) is 5.91 Å². The third-order valence-electron chi connectivity index (χ3n) is 6.89. The second kappa shape index (κ2) is 14.1. The summed E-state index contributed by atoms with van der Waals surface area (Å²) >= 11 is 0. The van der Waals surface area contributed by atoms with Gasteiger partial charge in [0.1, 0.15) is 12.5 Å². The number of alkyl halides is 4. The van der Waals surface area contributed by atoms with Crippen LogP contribution in [0.15, 0.2) is 54.7 Å². The topological polar surface area (TPSA) is 89.6 Å². The van der Waals surface area contributed by atoms with Gasteiger partial charge >= 0.3 is 12.2 Å². The molecular formula is C31H32F4N6O2. The molecule has 8 nitrogen and oxygen atoms in total. The van der Waals surface area contributed by atoms with E-state index in [1.807, 2.05) is 18.9 Å². The van der Waals surface area contributed by atoms with E-state index in [1.54, 1.807) is 30.3 Å². The van der Waals surface area contributed by atoms with Crippen LogP contribution in [-0.2, 0) is 12.7 Å². The molecule has 1 aliphatic heterocycles. The number of likely N-dealkylation sites (N-methyl/N-ethyl adjacent to an activating group) is 1. The molecule has 226 valence electrons. The number of hydrogen-bond acceptors (Lipinski definition) is 5. The van der Waals surface area contributed by atoms with E-state index in [2.05, 4.69) is 37.7 Å². The number of aryl methyl sites for hydroxylation is 1. The lowest BCUT2D eigenvalue weighted by Gasteiger charge is -2.33. The molecule has 43 heavy (non-hydrogen) atoms. The van der Waals surface area contributed by atoms with Crippen LogP contribution in [0.4, 0.5) is 33.9 Å². The van der Waals surface area contributed by atoms with Crippen molar-refractivity contribution in [2.45, 2.75) is 19.6 Å². The van der Waals surface area contributed by atoms with Crippen molar-refractivity contribution in [2.24, 2.45) is 0 Å². The molecule has 1 aromatic heterocycles. The zero-order chi connectivity index (χ0) is 31.0. The number of urea groups is 1. The summed E-state index contributed by atoms with van der Waals surface area (Å²) in [5.41, 5.74) is 1.58. The molecule has 0 atom stereocenters. The number of aromatic nitrogens is 1. The van der Waals surface area contributed by atoms with E-state index in [9.17, 15) is 27.2 Å². The number of nitrogens with zero attached hydrogens (tertiary/aromatic N) is 3. The zero-order valence-corrected chi connectivity index (χ0v) is 23.8. The van der Waals surface area contributed by atoms with Crippen LogP contribution in [0.5, 0.6) is 0 Å². The minimum Gasteiger partial charge on any atom is -0.335 e. The standard InChI is InChI=1S/C31H32F4N6O2/c1-21-3-6-24(17-23(21)7-4-22-5-10-28(37-19-22)39-30(43)36-12-11-32)29(42)38-26-9-8-25(27(18-26)31(33,34)35)20-41-15-13-40(2)14-16-41/h3,5-6,8-10,17-19H,11-16,20H2,1-2H3,(H,38,42)(H2,36,37,39,43). The van der Waals surface area contributed by atoms with E-state index in [-0.39, 0.29) is 35.7 Å². The van der Waals surface area contributed by atoms with Gasteiger partial charge in [-0.05, 0) is 61.5 Å². The predicted octanol–water partition coefficient (Wildman–Crippen LogP) is 4.90. The first-order valence-electron chi connectivity index (χ1n) is 13.6. The number of halogens is 4. The van der Waals surface area contributed by atoms with Crippen molar-refractivity contribution in [1.82, 2.24) is 20.1 Å². The summed E-state index contributed by atoms with van der Waals surface area (Å²) in [4.78, 5) is 32.9. The molecular weight excluding hydrogens is 564 g/mol. The van der Waals surface area contributed by atoms with Crippen molar-refractivity contribution in [2.75, 3.05) is 57.1 Å². The minimum absolute atomic E-state index is 0.0470. The molecule has 1 aliphatic rings. The maximum atomic E-state index is 14.0. The average molecular weight is 597 g/mol. The maximum absolute atomic E-state index is 14.0. The van der Waals surface area contributed by atoms with Crippen LogP contribution < -0.4 is 16.0 Å². The van der Waals surface area contributed by atoms with Crippen LogP contribution in [0, 0.1) is 18.8 Å². The smallest absolute Gasteiger partial charge is 0.335 e. The Bertz CT molecular complexity index is 1510. The molecule has 0 radical (unpaired) electrons. The molecule has 0 spiro atoms. The van der Waals surface area contributed by atoms with Gasteiger partial charge in [-0.25, -0.2) is 14.2 Å². The highest BCUT2D eigenvalue weighted by molar-refractivity contribution is 6.04. The van der Waals surface area contributed by atoms with E-state index in [0.29, 0.717) is 24.2 Å². The first kappa shape index (κ1) is 31.5. The number of carbonyl (C=O) groups excluding carboxylic acids is 2. The third kappa shape index (κ3) is 9.01. The summed E-state index contributed by atoms with van der Waals surface area (Å²) in [5.74, 6) is 5.63. The summed E-state index contributed by atoms with van der Waals surface area (Å²) < 4.78 is 54.0. The molecule has 2 heterocycles. The van der Waals surface area contributed by atoms with Crippen molar-refractivity contribution in [3.63, 3.8) is 0 Å². The van der Waals surface area contributed by atoms with Crippen molar-refractivity contribution >= 4 is 23.4 Å². The summed E-state index contributed by atoms with van der Waals surface area (Å²) in [6.07, 6.45) is -3.12. The molecule has 3 aromatic rings. The van der Waals surface area contributed by atoms with Crippen molar-refractivity contribution < 1.29 is 27.2 Å². The molecule has 1 fully saturated rings. The van der Waals surface area contributed by atoms with Gasteiger partial charge in [-0.2, -0.15) is 13.2 Å². The molecule has 3 amide bonds. The van der Waals surface area contributed by atoms with Crippen LogP contribution >= 0.6 is 0 Å². The highest BCUT2D eigenvalue weighted by Crippen LogP contribution is 2.34. The lowest BCUT2D eigenvalue weighted by molar-refractivity contribution is -0.138. The third-order valence-corrected chi connectivity index (χ3v) is 6.89. The van der Waals surface area contributed by atoms with Gasteiger partial charge in [-0.1, -0.05) is 24.0 Å². The van der Waals surface area contributed by atoms with Gasteiger partial charge in [0.15, 0.2) is 0 Å². The fourth-order valence-electron chi connectivity index (χ4n) is 4.41. The highest BCUT2D eigenvalue weighted by Gasteiger charge is 2.34. The van der Waals surface area contributed by atoms with Gasteiger partial charge < -0.3 is 15.5 Å². The summed E-state index contributed by atoms with van der Waals surface area (Å²) in [7, 11) is 1.98. The molecule has 4 rings (SSSR count). The van der Waals surface area contributed by atoms with Gasteiger partial charge in [0.05, 0.1) is 5.56 Å². The number of nitrogens with one attached hydrogen (secondary N) is 3. The Morgan fingerprint density at radius 3 is 2.42 bits per heavy atom. The monoisotopic (exact) mass is 596 g/mol. The number of piperazine rings is 1. The SMILES string of the molecule is Cc1ccc(C(=O)Nc2ccc(CN3CCN(C)CC3)c(C(F)(F)F)c2)cc1C#Cc1ccc(NC(=O)NCCF)nc1. The molecule has 0 aliphatic carbocycles. The van der Waals surface area contributed by atoms with Crippen LogP contribution in [0.25, 0.3) is 0 Å². The number of pyridine rings is 1. The fraction of sp³-hybridized carbons (Fsp3) is 0.323. The summed E-state index contributed by atoms with van der Waals surface area (Å²) in [6, 6.07) is 11.4. The second-order valence-corrected chi connectivity index (χ2v) is 10.2. The normalized spacial score (nSPS) is 14.0. The number of carbonyl (C=O) groups is 2. The van der Waals surface area contributed by atoms with Crippen molar-refractivity contribution in [3.8, 4) is 11.8 Å². The number of anilines is 2. The first-order chi connectivity index (χ1) is 20.5.